The maximum absolute atomic E-state index is 12.1. The van der Waals surface area contributed by atoms with Crippen molar-refractivity contribution < 1.29 is 32.6 Å². The van der Waals surface area contributed by atoms with Crippen molar-refractivity contribution in [1.29, 1.82) is 0 Å². The number of hydrogen-bond donors (Lipinski definition) is 2. The summed E-state index contributed by atoms with van der Waals surface area (Å²) >= 11 is 0. The average molecular weight is 317 g/mol. The van der Waals surface area contributed by atoms with E-state index in [1.807, 2.05) is 0 Å². The lowest BCUT2D eigenvalue weighted by molar-refractivity contribution is -0.274. The average Bonchev–Trinajstić information content (AvgIpc) is 3.18. The number of hydrogen-bond acceptors (Lipinski definition) is 3. The summed E-state index contributed by atoms with van der Waals surface area (Å²) in [4.78, 5) is 23.0. The summed E-state index contributed by atoms with van der Waals surface area (Å²) in [6.07, 6.45) is -4.18. The maximum atomic E-state index is 12.1. The van der Waals surface area contributed by atoms with Gasteiger partial charge in [0.05, 0.1) is 6.04 Å². The third kappa shape index (κ3) is 3.49. The summed E-state index contributed by atoms with van der Waals surface area (Å²) in [6, 6.07) is 4.51. The molecule has 2 rings (SSSR count). The van der Waals surface area contributed by atoms with Crippen molar-refractivity contribution in [3.8, 4) is 5.75 Å². The topological polar surface area (TPSA) is 75.6 Å². The van der Waals surface area contributed by atoms with Crippen LogP contribution in [0.5, 0.6) is 5.75 Å². The quantitative estimate of drug-likeness (QED) is 0.819. The fourth-order valence-electron chi connectivity index (χ4n) is 2.04. The maximum Gasteiger partial charge on any atom is 0.573 e. The van der Waals surface area contributed by atoms with Gasteiger partial charge in [-0.05, 0) is 37.5 Å². The van der Waals surface area contributed by atoms with E-state index >= 15 is 0 Å². The molecule has 0 saturated heterocycles. The molecule has 0 heterocycles. The minimum Gasteiger partial charge on any atom is -0.480 e. The molecule has 1 unspecified atom stereocenters. The van der Waals surface area contributed by atoms with Gasteiger partial charge in [0, 0.05) is 0 Å². The van der Waals surface area contributed by atoms with Crippen molar-refractivity contribution in [2.24, 2.45) is 5.41 Å². The van der Waals surface area contributed by atoms with Crippen LogP contribution in [-0.4, -0.2) is 23.3 Å². The first kappa shape index (κ1) is 16.1. The van der Waals surface area contributed by atoms with Crippen molar-refractivity contribution >= 4 is 11.9 Å². The highest BCUT2D eigenvalue weighted by Crippen LogP contribution is 2.46. The first-order valence-electron chi connectivity index (χ1n) is 6.54. The summed E-state index contributed by atoms with van der Waals surface area (Å²) in [5.74, 6) is -2.10. The van der Waals surface area contributed by atoms with Crippen molar-refractivity contribution in [3.63, 3.8) is 0 Å². The molecule has 2 N–H and O–H groups in total. The number of alkyl halides is 3. The van der Waals surface area contributed by atoms with Gasteiger partial charge in [0.15, 0.2) is 0 Å². The molecule has 1 aromatic rings. The Morgan fingerprint density at radius 2 is 1.82 bits per heavy atom. The van der Waals surface area contributed by atoms with Crippen molar-refractivity contribution in [2.75, 3.05) is 0 Å². The zero-order chi connectivity index (χ0) is 16.5. The smallest absolute Gasteiger partial charge is 0.480 e. The molecule has 5 nitrogen and oxygen atoms in total. The van der Waals surface area contributed by atoms with E-state index in [0.29, 0.717) is 18.4 Å². The highest BCUT2D eigenvalue weighted by molar-refractivity contribution is 6.04. The van der Waals surface area contributed by atoms with Gasteiger partial charge in [0.2, 0.25) is 5.91 Å². The Labute approximate surface area is 124 Å². The Balaban J connectivity index is 2.00. The van der Waals surface area contributed by atoms with E-state index in [4.69, 9.17) is 5.11 Å². The van der Waals surface area contributed by atoms with Crippen LogP contribution >= 0.6 is 0 Å². The van der Waals surface area contributed by atoms with Gasteiger partial charge < -0.3 is 15.2 Å². The second-order valence-corrected chi connectivity index (χ2v) is 5.20. The molecule has 0 radical (unpaired) electrons. The van der Waals surface area contributed by atoms with E-state index in [9.17, 15) is 22.8 Å². The number of aliphatic carboxylic acids is 1. The van der Waals surface area contributed by atoms with Crippen molar-refractivity contribution in [1.82, 2.24) is 5.32 Å². The van der Waals surface area contributed by atoms with Crippen LogP contribution in [0.4, 0.5) is 13.2 Å². The number of carbonyl (C=O) groups excluding carboxylic acids is 1. The number of carboxylic acids is 1. The lowest BCUT2D eigenvalue weighted by atomic mass is 10.0. The van der Waals surface area contributed by atoms with E-state index in [0.717, 1.165) is 12.1 Å². The number of benzene rings is 1. The Bertz CT molecular complexity index is 579. The van der Waals surface area contributed by atoms with Gasteiger partial charge in [0.1, 0.15) is 11.2 Å². The highest BCUT2D eigenvalue weighted by Gasteiger charge is 2.57. The lowest BCUT2D eigenvalue weighted by Gasteiger charge is -2.18. The number of amides is 1. The molecular formula is C14H14F3NO4. The molecule has 1 saturated carbocycles. The molecule has 1 aromatic carbocycles. The SMILES string of the molecule is CC(NC(=O)C1(C(=O)O)CC1)c1ccc(OC(F)(F)F)cc1. The van der Waals surface area contributed by atoms with Crippen molar-refractivity contribution in [2.45, 2.75) is 32.2 Å². The first-order chi connectivity index (χ1) is 10.1. The van der Waals surface area contributed by atoms with Crippen LogP contribution in [0.1, 0.15) is 31.4 Å². The summed E-state index contributed by atoms with van der Waals surface area (Å²) in [5, 5.41) is 11.6. The van der Waals surface area contributed by atoms with Gasteiger partial charge in [-0.1, -0.05) is 12.1 Å². The van der Waals surface area contributed by atoms with E-state index in [2.05, 4.69) is 10.1 Å². The van der Waals surface area contributed by atoms with Crippen LogP contribution in [0, 0.1) is 5.41 Å². The molecular weight excluding hydrogens is 303 g/mol. The number of carbonyl (C=O) groups is 2. The monoisotopic (exact) mass is 317 g/mol. The molecule has 0 spiro atoms. The van der Waals surface area contributed by atoms with E-state index < -0.39 is 29.7 Å². The minimum atomic E-state index is -4.76. The standard InChI is InChI=1S/C14H14F3NO4/c1-8(18-11(19)13(6-7-13)12(20)21)9-2-4-10(5-3-9)22-14(15,16)17/h2-5,8H,6-7H2,1H3,(H,18,19)(H,20,21). The van der Waals surface area contributed by atoms with Crippen LogP contribution in [0.2, 0.25) is 0 Å². The second kappa shape index (κ2) is 5.51. The molecule has 22 heavy (non-hydrogen) atoms. The van der Waals surface area contributed by atoms with Crippen LogP contribution in [0.25, 0.3) is 0 Å². The van der Waals surface area contributed by atoms with Gasteiger partial charge in [-0.25, -0.2) is 0 Å². The zero-order valence-electron chi connectivity index (χ0n) is 11.6. The lowest BCUT2D eigenvalue weighted by Crippen LogP contribution is -2.38. The normalized spacial score (nSPS) is 17.5. The molecule has 120 valence electrons. The fraction of sp³-hybridized carbons (Fsp3) is 0.429. The summed E-state index contributed by atoms with van der Waals surface area (Å²) in [5.41, 5.74) is -0.808. The number of carboxylic acid groups (broad SMARTS) is 1. The predicted molar refractivity (Wildman–Crippen MR) is 69.0 cm³/mol. The molecule has 1 amide bonds. The van der Waals surface area contributed by atoms with Crippen LogP contribution in [-0.2, 0) is 9.59 Å². The number of ether oxygens (including phenoxy) is 1. The van der Waals surface area contributed by atoms with Crippen molar-refractivity contribution in [3.05, 3.63) is 29.8 Å². The molecule has 8 heteroatoms. The minimum absolute atomic E-state index is 0.291. The van der Waals surface area contributed by atoms with Gasteiger partial charge in [-0.15, -0.1) is 13.2 Å². The summed E-state index contributed by atoms with van der Waals surface area (Å²) < 4.78 is 39.9. The van der Waals surface area contributed by atoms with E-state index in [1.165, 1.54) is 12.1 Å². The van der Waals surface area contributed by atoms with Gasteiger partial charge in [0.25, 0.3) is 0 Å². The molecule has 1 aliphatic rings. The highest BCUT2D eigenvalue weighted by atomic mass is 19.4. The number of rotatable bonds is 5. The molecule has 0 aromatic heterocycles. The third-order valence-corrected chi connectivity index (χ3v) is 3.56. The number of nitrogens with one attached hydrogen (secondary N) is 1. The van der Waals surface area contributed by atoms with Crippen LogP contribution < -0.4 is 10.1 Å². The first-order valence-corrected chi connectivity index (χ1v) is 6.54. The Hall–Kier alpha value is -2.25. The Kier molecular flexibility index (Phi) is 4.04. The molecule has 0 aliphatic heterocycles. The second-order valence-electron chi connectivity index (χ2n) is 5.20. The van der Waals surface area contributed by atoms with E-state index in [-0.39, 0.29) is 5.75 Å². The van der Waals surface area contributed by atoms with Crippen LogP contribution in [0.3, 0.4) is 0 Å². The largest absolute Gasteiger partial charge is 0.573 e. The van der Waals surface area contributed by atoms with E-state index in [1.54, 1.807) is 6.92 Å². The molecule has 0 bridgehead atoms. The van der Waals surface area contributed by atoms with Gasteiger partial charge in [-0.2, -0.15) is 0 Å². The molecule has 1 fully saturated rings. The number of halogens is 3. The predicted octanol–water partition coefficient (Wildman–Crippen LogP) is 2.63. The fourth-order valence-corrected chi connectivity index (χ4v) is 2.04. The summed E-state index contributed by atoms with van der Waals surface area (Å²) in [6.45, 7) is 1.62. The molecule has 1 aliphatic carbocycles. The van der Waals surface area contributed by atoms with Crippen LogP contribution in [0.15, 0.2) is 24.3 Å². The Morgan fingerprint density at radius 1 is 1.27 bits per heavy atom. The van der Waals surface area contributed by atoms with Gasteiger partial charge in [-0.3, -0.25) is 9.59 Å². The zero-order valence-corrected chi connectivity index (χ0v) is 11.6. The third-order valence-electron chi connectivity index (χ3n) is 3.56. The Morgan fingerprint density at radius 3 is 2.23 bits per heavy atom. The van der Waals surface area contributed by atoms with Gasteiger partial charge >= 0.3 is 12.3 Å². The summed E-state index contributed by atoms with van der Waals surface area (Å²) in [7, 11) is 0. The molecule has 1 atom stereocenters.